The molecule has 1 aromatic heterocycles. The summed E-state index contributed by atoms with van der Waals surface area (Å²) >= 11 is 0. The van der Waals surface area contributed by atoms with E-state index in [0.29, 0.717) is 23.6 Å². The minimum absolute atomic E-state index is 0.0219. The molecular formula is C20H24N4O3. The van der Waals surface area contributed by atoms with Crippen LogP contribution in [0.15, 0.2) is 42.7 Å². The second kappa shape index (κ2) is 8.73. The normalized spacial score (nSPS) is 15.4. The molecule has 7 heteroatoms. The number of pyridine rings is 1. The average Bonchev–Trinajstić information content (AvgIpc) is 2.68. The monoisotopic (exact) mass is 368 g/mol. The lowest BCUT2D eigenvalue weighted by atomic mass is 9.96. The highest BCUT2D eigenvalue weighted by Crippen LogP contribution is 2.22. The first-order valence-corrected chi connectivity index (χ1v) is 9.18. The van der Waals surface area contributed by atoms with E-state index in [4.69, 9.17) is 0 Å². The summed E-state index contributed by atoms with van der Waals surface area (Å²) in [5.74, 6) is 0.187. The molecular weight excluding hydrogens is 344 g/mol. The minimum atomic E-state index is -0.454. The molecule has 1 saturated heterocycles. The van der Waals surface area contributed by atoms with Crippen LogP contribution in [-0.2, 0) is 6.54 Å². The molecule has 2 aromatic rings. The van der Waals surface area contributed by atoms with E-state index in [2.05, 4.69) is 21.3 Å². The van der Waals surface area contributed by atoms with Gasteiger partial charge in [-0.2, -0.15) is 0 Å². The van der Waals surface area contributed by atoms with Crippen LogP contribution in [0.3, 0.4) is 0 Å². The lowest BCUT2D eigenvalue weighted by molar-refractivity contribution is -0.385. The van der Waals surface area contributed by atoms with E-state index in [1.54, 1.807) is 25.3 Å². The Morgan fingerprint density at radius 3 is 2.74 bits per heavy atom. The third-order valence-electron chi connectivity index (χ3n) is 5.13. The summed E-state index contributed by atoms with van der Waals surface area (Å²) in [6.07, 6.45) is 5.72. The molecule has 0 aliphatic carbocycles. The van der Waals surface area contributed by atoms with Crippen molar-refractivity contribution in [2.45, 2.75) is 26.3 Å². The van der Waals surface area contributed by atoms with Crippen LogP contribution in [0, 0.1) is 23.0 Å². The SMILES string of the molecule is Cc1c(C(=O)NCC2CCN(Cc3cccnc3)CC2)cccc1[N+](=O)[O-]. The summed E-state index contributed by atoms with van der Waals surface area (Å²) < 4.78 is 0. The summed E-state index contributed by atoms with van der Waals surface area (Å²) in [6, 6.07) is 8.64. The van der Waals surface area contributed by atoms with Crippen LogP contribution in [0.1, 0.15) is 34.3 Å². The van der Waals surface area contributed by atoms with E-state index in [1.807, 2.05) is 12.3 Å². The Balaban J connectivity index is 1.48. The van der Waals surface area contributed by atoms with Crippen LogP contribution in [0.2, 0.25) is 0 Å². The molecule has 0 unspecified atom stereocenters. The number of aromatic nitrogens is 1. The molecule has 0 atom stereocenters. The van der Waals surface area contributed by atoms with Crippen molar-refractivity contribution in [3.63, 3.8) is 0 Å². The van der Waals surface area contributed by atoms with Gasteiger partial charge in [0.15, 0.2) is 0 Å². The summed E-state index contributed by atoms with van der Waals surface area (Å²) in [5.41, 5.74) is 1.97. The molecule has 7 nitrogen and oxygen atoms in total. The van der Waals surface area contributed by atoms with Gasteiger partial charge in [0, 0.05) is 42.7 Å². The molecule has 1 aliphatic rings. The van der Waals surface area contributed by atoms with Gasteiger partial charge in [-0.3, -0.25) is 24.8 Å². The third kappa shape index (κ3) is 4.89. The van der Waals surface area contributed by atoms with Gasteiger partial charge in [-0.15, -0.1) is 0 Å². The number of nitro groups is 1. The minimum Gasteiger partial charge on any atom is -0.352 e. The van der Waals surface area contributed by atoms with Gasteiger partial charge in [0.25, 0.3) is 11.6 Å². The van der Waals surface area contributed by atoms with E-state index in [0.717, 1.165) is 32.5 Å². The van der Waals surface area contributed by atoms with Crippen molar-refractivity contribution < 1.29 is 9.72 Å². The van der Waals surface area contributed by atoms with Gasteiger partial charge in [-0.1, -0.05) is 12.1 Å². The fourth-order valence-corrected chi connectivity index (χ4v) is 3.50. The number of carbonyl (C=O) groups is 1. The standard InChI is InChI=1S/C20H24N4O3/c1-15-18(5-2-6-19(15)24(26)27)20(25)22-13-16-7-10-23(11-8-16)14-17-4-3-9-21-12-17/h2-6,9,12,16H,7-8,10-11,13-14H2,1H3,(H,22,25). The molecule has 0 bridgehead atoms. The van der Waals surface area contributed by atoms with Crippen LogP contribution in [0.5, 0.6) is 0 Å². The third-order valence-corrected chi connectivity index (χ3v) is 5.13. The lowest BCUT2D eigenvalue weighted by Gasteiger charge is -2.32. The molecule has 3 rings (SSSR count). The number of hydrogen-bond donors (Lipinski definition) is 1. The van der Waals surface area contributed by atoms with Crippen molar-refractivity contribution >= 4 is 11.6 Å². The smallest absolute Gasteiger partial charge is 0.273 e. The van der Waals surface area contributed by atoms with Gasteiger partial charge >= 0.3 is 0 Å². The van der Waals surface area contributed by atoms with Gasteiger partial charge < -0.3 is 5.32 Å². The van der Waals surface area contributed by atoms with Crippen LogP contribution in [-0.4, -0.2) is 40.3 Å². The molecule has 0 radical (unpaired) electrons. The van der Waals surface area contributed by atoms with Crippen molar-refractivity contribution in [2.75, 3.05) is 19.6 Å². The number of nitro benzene ring substituents is 1. The zero-order chi connectivity index (χ0) is 19.2. The quantitative estimate of drug-likeness (QED) is 0.625. The predicted molar refractivity (Wildman–Crippen MR) is 102 cm³/mol. The molecule has 0 spiro atoms. The second-order valence-corrected chi connectivity index (χ2v) is 7.00. The van der Waals surface area contributed by atoms with E-state index < -0.39 is 4.92 Å². The van der Waals surface area contributed by atoms with Gasteiger partial charge in [0.1, 0.15) is 0 Å². The first kappa shape index (κ1) is 19.0. The molecule has 2 heterocycles. The summed E-state index contributed by atoms with van der Waals surface area (Å²) in [5, 5.41) is 14.0. The predicted octanol–water partition coefficient (Wildman–Crippen LogP) is 2.94. The van der Waals surface area contributed by atoms with E-state index in [9.17, 15) is 14.9 Å². The number of nitrogens with zero attached hydrogens (tertiary/aromatic N) is 3. The molecule has 27 heavy (non-hydrogen) atoms. The Morgan fingerprint density at radius 2 is 2.07 bits per heavy atom. The maximum atomic E-state index is 12.4. The highest BCUT2D eigenvalue weighted by atomic mass is 16.6. The Bertz CT molecular complexity index is 802. The number of carbonyl (C=O) groups excluding carboxylic acids is 1. The zero-order valence-corrected chi connectivity index (χ0v) is 15.4. The zero-order valence-electron chi connectivity index (χ0n) is 15.4. The molecule has 1 amide bonds. The van der Waals surface area contributed by atoms with Crippen molar-refractivity contribution in [1.82, 2.24) is 15.2 Å². The highest BCUT2D eigenvalue weighted by molar-refractivity contribution is 5.96. The summed E-state index contributed by atoms with van der Waals surface area (Å²) in [7, 11) is 0. The maximum absolute atomic E-state index is 12.4. The van der Waals surface area contributed by atoms with Crippen molar-refractivity contribution in [1.29, 1.82) is 0 Å². The van der Waals surface area contributed by atoms with E-state index in [-0.39, 0.29) is 11.6 Å². The second-order valence-electron chi connectivity index (χ2n) is 7.00. The first-order valence-electron chi connectivity index (χ1n) is 9.18. The van der Waals surface area contributed by atoms with Gasteiger partial charge in [-0.25, -0.2) is 0 Å². The van der Waals surface area contributed by atoms with Crippen molar-refractivity contribution in [3.05, 3.63) is 69.5 Å². The van der Waals surface area contributed by atoms with Crippen molar-refractivity contribution in [2.24, 2.45) is 5.92 Å². The lowest BCUT2D eigenvalue weighted by Crippen LogP contribution is -2.38. The van der Waals surface area contributed by atoms with Crippen molar-refractivity contribution in [3.8, 4) is 0 Å². The average molecular weight is 368 g/mol. The number of hydrogen-bond acceptors (Lipinski definition) is 5. The number of amides is 1. The fourth-order valence-electron chi connectivity index (χ4n) is 3.50. The van der Waals surface area contributed by atoms with Crippen LogP contribution in [0.25, 0.3) is 0 Å². The molecule has 0 saturated carbocycles. The number of benzene rings is 1. The Morgan fingerprint density at radius 1 is 1.30 bits per heavy atom. The summed E-state index contributed by atoms with van der Waals surface area (Å²) in [4.78, 5) is 29.6. The Hall–Kier alpha value is -2.80. The maximum Gasteiger partial charge on any atom is 0.273 e. The summed E-state index contributed by atoms with van der Waals surface area (Å²) in [6.45, 7) is 5.10. The Kier molecular flexibility index (Phi) is 6.13. The van der Waals surface area contributed by atoms with Crippen LogP contribution >= 0.6 is 0 Å². The molecule has 142 valence electrons. The first-order chi connectivity index (χ1) is 13.0. The number of likely N-dealkylation sites (tertiary alicyclic amines) is 1. The van der Waals surface area contributed by atoms with E-state index >= 15 is 0 Å². The van der Waals surface area contributed by atoms with Gasteiger partial charge in [-0.05, 0) is 56.5 Å². The van der Waals surface area contributed by atoms with Gasteiger partial charge in [0.05, 0.1) is 4.92 Å². The topological polar surface area (TPSA) is 88.4 Å². The van der Waals surface area contributed by atoms with Crippen LogP contribution < -0.4 is 5.32 Å². The molecule has 1 aromatic carbocycles. The van der Waals surface area contributed by atoms with Gasteiger partial charge in [0.2, 0.25) is 0 Å². The molecule has 1 fully saturated rings. The fraction of sp³-hybridized carbons (Fsp3) is 0.400. The largest absolute Gasteiger partial charge is 0.352 e. The highest BCUT2D eigenvalue weighted by Gasteiger charge is 2.22. The molecule has 1 aliphatic heterocycles. The van der Waals surface area contributed by atoms with Crippen LogP contribution in [0.4, 0.5) is 5.69 Å². The number of rotatable bonds is 6. The number of piperidine rings is 1. The van der Waals surface area contributed by atoms with E-state index in [1.165, 1.54) is 11.6 Å². The molecule has 1 N–H and O–H groups in total. The number of nitrogens with one attached hydrogen (secondary N) is 1. The Labute approximate surface area is 158 Å².